The molecule has 0 spiro atoms. The van der Waals surface area contributed by atoms with Gasteiger partial charge in [-0.05, 0) is 6.42 Å². The van der Waals surface area contributed by atoms with Crippen molar-refractivity contribution in [3.05, 3.63) is 27.0 Å². The van der Waals surface area contributed by atoms with E-state index in [1.54, 1.807) is 6.20 Å². The van der Waals surface area contributed by atoms with Gasteiger partial charge in [0.2, 0.25) is 0 Å². The fourth-order valence-electron chi connectivity index (χ4n) is 2.04. The summed E-state index contributed by atoms with van der Waals surface area (Å²) in [5.74, 6) is 0. The molecule has 2 aromatic heterocycles. The van der Waals surface area contributed by atoms with Crippen molar-refractivity contribution in [1.82, 2.24) is 18.9 Å². The van der Waals surface area contributed by atoms with Gasteiger partial charge in [0.1, 0.15) is 5.39 Å². The van der Waals surface area contributed by atoms with E-state index in [0.29, 0.717) is 24.1 Å². The van der Waals surface area contributed by atoms with Gasteiger partial charge in [0, 0.05) is 19.8 Å². The first kappa shape index (κ1) is 13.5. The van der Waals surface area contributed by atoms with E-state index in [1.165, 1.54) is 16.3 Å². The molecule has 0 fully saturated rings. The number of rotatable bonds is 5. The minimum Gasteiger partial charge on any atom is -0.394 e. The zero-order chi connectivity index (χ0) is 14.0. The molecule has 104 valence electrons. The van der Waals surface area contributed by atoms with Crippen LogP contribution >= 0.6 is 0 Å². The van der Waals surface area contributed by atoms with E-state index < -0.39 is 0 Å². The Morgan fingerprint density at radius 2 is 2.05 bits per heavy atom. The summed E-state index contributed by atoms with van der Waals surface area (Å²) in [7, 11) is 1.47. The second-order valence-corrected chi connectivity index (χ2v) is 4.50. The largest absolute Gasteiger partial charge is 0.394 e. The molecule has 7 heteroatoms. The standard InChI is InChI=1S/C12H18N4O3/c1-3-4-5-16-10-9(8-15(13-10)6-7-17)11(18)14(2)12(16)19/h8,17H,3-7H2,1-2H3. The number of aliphatic hydroxyl groups excluding tert-OH is 1. The Bertz CT molecular complexity index is 695. The molecule has 0 bridgehead atoms. The maximum Gasteiger partial charge on any atom is 0.332 e. The minimum atomic E-state index is -0.350. The van der Waals surface area contributed by atoms with Gasteiger partial charge in [-0.25, -0.2) is 4.79 Å². The van der Waals surface area contributed by atoms with Crippen LogP contribution in [-0.2, 0) is 20.1 Å². The minimum absolute atomic E-state index is 0.0620. The zero-order valence-corrected chi connectivity index (χ0v) is 11.2. The van der Waals surface area contributed by atoms with Crippen LogP contribution in [0.2, 0.25) is 0 Å². The Kier molecular flexibility index (Phi) is 3.84. The molecule has 0 aliphatic heterocycles. The van der Waals surface area contributed by atoms with E-state index in [2.05, 4.69) is 5.10 Å². The number of hydrogen-bond acceptors (Lipinski definition) is 4. The van der Waals surface area contributed by atoms with Crippen LogP contribution in [-0.4, -0.2) is 30.6 Å². The monoisotopic (exact) mass is 266 g/mol. The van der Waals surface area contributed by atoms with Gasteiger partial charge in [0.25, 0.3) is 5.56 Å². The summed E-state index contributed by atoms with van der Waals surface area (Å²) < 4.78 is 4.12. The second kappa shape index (κ2) is 5.40. The average molecular weight is 266 g/mol. The SMILES string of the molecule is CCCCn1c(=O)n(C)c(=O)c2cn(CCO)nc21. The molecule has 2 aromatic rings. The van der Waals surface area contributed by atoms with Crippen molar-refractivity contribution >= 4 is 11.0 Å². The molecule has 0 aromatic carbocycles. The Morgan fingerprint density at radius 1 is 1.32 bits per heavy atom. The van der Waals surface area contributed by atoms with E-state index in [0.717, 1.165) is 17.4 Å². The van der Waals surface area contributed by atoms with Gasteiger partial charge in [-0.2, -0.15) is 5.10 Å². The molecular weight excluding hydrogens is 248 g/mol. The number of unbranched alkanes of at least 4 members (excludes halogenated alkanes) is 1. The molecule has 0 saturated carbocycles. The number of fused-ring (bicyclic) bond motifs is 1. The third-order valence-electron chi connectivity index (χ3n) is 3.12. The highest BCUT2D eigenvalue weighted by Crippen LogP contribution is 2.06. The molecule has 0 atom stereocenters. The summed E-state index contributed by atoms with van der Waals surface area (Å²) in [5.41, 5.74) is -0.299. The molecule has 1 N–H and O–H groups in total. The van der Waals surface area contributed by atoms with E-state index in [1.807, 2.05) is 6.92 Å². The zero-order valence-electron chi connectivity index (χ0n) is 11.2. The van der Waals surface area contributed by atoms with E-state index in [-0.39, 0.29) is 17.9 Å². The summed E-state index contributed by atoms with van der Waals surface area (Å²) >= 11 is 0. The molecule has 0 unspecified atom stereocenters. The highest BCUT2D eigenvalue weighted by molar-refractivity contribution is 5.73. The number of nitrogens with zero attached hydrogens (tertiary/aromatic N) is 4. The molecule has 0 amide bonds. The van der Waals surface area contributed by atoms with Crippen molar-refractivity contribution in [3.8, 4) is 0 Å². The first-order chi connectivity index (χ1) is 9.10. The third kappa shape index (κ3) is 2.33. The summed E-state index contributed by atoms with van der Waals surface area (Å²) in [6, 6.07) is 0. The first-order valence-electron chi connectivity index (χ1n) is 6.38. The molecule has 0 saturated heterocycles. The maximum atomic E-state index is 12.1. The predicted molar refractivity (Wildman–Crippen MR) is 71.2 cm³/mol. The van der Waals surface area contributed by atoms with E-state index >= 15 is 0 Å². The third-order valence-corrected chi connectivity index (χ3v) is 3.12. The smallest absolute Gasteiger partial charge is 0.332 e. The van der Waals surface area contributed by atoms with Crippen LogP contribution in [0.3, 0.4) is 0 Å². The lowest BCUT2D eigenvalue weighted by Gasteiger charge is -2.07. The van der Waals surface area contributed by atoms with Crippen LogP contribution in [0.1, 0.15) is 19.8 Å². The van der Waals surface area contributed by atoms with E-state index in [9.17, 15) is 9.59 Å². The van der Waals surface area contributed by atoms with Gasteiger partial charge >= 0.3 is 5.69 Å². The number of aromatic nitrogens is 4. The van der Waals surface area contributed by atoms with E-state index in [4.69, 9.17) is 5.11 Å². The fraction of sp³-hybridized carbons (Fsp3) is 0.583. The van der Waals surface area contributed by atoms with Crippen molar-refractivity contribution in [3.63, 3.8) is 0 Å². The Hall–Kier alpha value is -1.89. The van der Waals surface area contributed by atoms with Crippen LogP contribution in [0.4, 0.5) is 0 Å². The van der Waals surface area contributed by atoms with Gasteiger partial charge in [-0.15, -0.1) is 0 Å². The molecule has 2 rings (SSSR count). The molecule has 7 nitrogen and oxygen atoms in total. The highest BCUT2D eigenvalue weighted by Gasteiger charge is 2.14. The Balaban J connectivity index is 2.70. The average Bonchev–Trinajstić information content (AvgIpc) is 2.80. The van der Waals surface area contributed by atoms with Crippen LogP contribution < -0.4 is 11.2 Å². The lowest BCUT2D eigenvalue weighted by molar-refractivity contribution is 0.269. The number of aryl methyl sites for hydroxylation is 1. The molecule has 0 aliphatic carbocycles. The summed E-state index contributed by atoms with van der Waals surface area (Å²) in [5, 5.41) is 13.6. The fourth-order valence-corrected chi connectivity index (χ4v) is 2.04. The second-order valence-electron chi connectivity index (χ2n) is 4.50. The molecule has 0 aliphatic rings. The Labute approximate surface area is 109 Å². The van der Waals surface area contributed by atoms with Crippen LogP contribution in [0.5, 0.6) is 0 Å². The van der Waals surface area contributed by atoms with Gasteiger partial charge in [-0.1, -0.05) is 13.3 Å². The lowest BCUT2D eigenvalue weighted by Crippen LogP contribution is -2.38. The topological polar surface area (TPSA) is 82.0 Å². The van der Waals surface area contributed by atoms with Crippen LogP contribution in [0.15, 0.2) is 15.8 Å². The maximum absolute atomic E-state index is 12.1. The predicted octanol–water partition coefficient (Wildman–Crippen LogP) is -0.311. The van der Waals surface area contributed by atoms with Gasteiger partial charge < -0.3 is 5.11 Å². The van der Waals surface area contributed by atoms with Crippen LogP contribution in [0.25, 0.3) is 11.0 Å². The highest BCUT2D eigenvalue weighted by atomic mass is 16.3. The summed E-state index contributed by atoms with van der Waals surface area (Å²) in [4.78, 5) is 24.1. The van der Waals surface area contributed by atoms with Crippen LogP contribution in [0, 0.1) is 0 Å². The van der Waals surface area contributed by atoms with Crippen molar-refractivity contribution in [2.45, 2.75) is 32.9 Å². The molecule has 0 radical (unpaired) electrons. The normalized spacial score (nSPS) is 11.3. The Morgan fingerprint density at radius 3 is 2.68 bits per heavy atom. The quantitative estimate of drug-likeness (QED) is 0.804. The van der Waals surface area contributed by atoms with Crippen molar-refractivity contribution in [2.24, 2.45) is 7.05 Å². The van der Waals surface area contributed by atoms with Crippen molar-refractivity contribution in [2.75, 3.05) is 6.61 Å². The number of aliphatic hydroxyl groups is 1. The van der Waals surface area contributed by atoms with Gasteiger partial charge in [0.05, 0.1) is 13.2 Å². The van der Waals surface area contributed by atoms with Gasteiger partial charge in [-0.3, -0.25) is 18.6 Å². The summed E-state index contributed by atoms with van der Waals surface area (Å²) in [6.45, 7) is 2.82. The van der Waals surface area contributed by atoms with Crippen molar-refractivity contribution in [1.29, 1.82) is 0 Å². The summed E-state index contributed by atoms with van der Waals surface area (Å²) in [6.07, 6.45) is 3.38. The molecule has 2 heterocycles. The lowest BCUT2D eigenvalue weighted by atomic mass is 10.3. The molecular formula is C12H18N4O3. The number of hydrogen-bond donors (Lipinski definition) is 1. The first-order valence-corrected chi connectivity index (χ1v) is 6.38. The van der Waals surface area contributed by atoms with Gasteiger partial charge in [0.15, 0.2) is 5.65 Å². The molecule has 19 heavy (non-hydrogen) atoms. The van der Waals surface area contributed by atoms with Crippen molar-refractivity contribution < 1.29 is 5.11 Å².